The van der Waals surface area contributed by atoms with Crippen molar-refractivity contribution in [3.05, 3.63) is 16.5 Å². The number of furan rings is 1. The van der Waals surface area contributed by atoms with Crippen molar-refractivity contribution in [2.24, 2.45) is 5.73 Å². The molecule has 0 amide bonds. The summed E-state index contributed by atoms with van der Waals surface area (Å²) in [4.78, 5) is 0.168. The summed E-state index contributed by atoms with van der Waals surface area (Å²) in [5, 5.41) is 0. The van der Waals surface area contributed by atoms with Crippen LogP contribution in [0.25, 0.3) is 0 Å². The topological polar surface area (TPSA) is 76.5 Å². The summed E-state index contributed by atoms with van der Waals surface area (Å²) < 4.78 is 32.1. The molecule has 0 radical (unpaired) electrons. The van der Waals surface area contributed by atoms with Crippen molar-refractivity contribution < 1.29 is 12.8 Å². The fourth-order valence-corrected chi connectivity index (χ4v) is 4.84. The van der Waals surface area contributed by atoms with Crippen molar-refractivity contribution in [1.29, 1.82) is 0 Å². The molecule has 1 fully saturated rings. The first-order chi connectivity index (χ1) is 8.96. The van der Waals surface area contributed by atoms with E-state index < -0.39 is 10.0 Å². The van der Waals surface area contributed by atoms with Crippen molar-refractivity contribution in [3.63, 3.8) is 0 Å². The van der Waals surface area contributed by atoms with Gasteiger partial charge in [0, 0.05) is 19.2 Å². The Morgan fingerprint density at radius 1 is 1.42 bits per heavy atom. The maximum atomic E-state index is 12.6. The van der Waals surface area contributed by atoms with Gasteiger partial charge in [0.2, 0.25) is 10.0 Å². The average Bonchev–Trinajstić information content (AvgIpc) is 2.81. The zero-order valence-electron chi connectivity index (χ0n) is 10.9. The SMILES string of the molecule is CN(C1CCCCC1)S(=O)(=O)c1cc(CN)oc1Br. The van der Waals surface area contributed by atoms with Gasteiger partial charge in [-0.2, -0.15) is 4.31 Å². The van der Waals surface area contributed by atoms with Crippen molar-refractivity contribution in [2.75, 3.05) is 7.05 Å². The van der Waals surface area contributed by atoms with Crippen LogP contribution in [-0.4, -0.2) is 25.8 Å². The smallest absolute Gasteiger partial charge is 0.247 e. The summed E-state index contributed by atoms with van der Waals surface area (Å²) in [7, 11) is -1.88. The number of sulfonamides is 1. The van der Waals surface area contributed by atoms with Crippen LogP contribution >= 0.6 is 15.9 Å². The highest BCUT2D eigenvalue weighted by Crippen LogP contribution is 2.31. The molecule has 108 valence electrons. The molecule has 1 aliphatic carbocycles. The zero-order chi connectivity index (χ0) is 14.0. The second-order valence-electron chi connectivity index (χ2n) is 4.87. The number of rotatable bonds is 4. The fraction of sp³-hybridized carbons (Fsp3) is 0.667. The van der Waals surface area contributed by atoms with Gasteiger partial charge in [-0.1, -0.05) is 19.3 Å². The fourth-order valence-electron chi connectivity index (χ4n) is 2.47. The molecule has 1 saturated carbocycles. The number of halogens is 1. The van der Waals surface area contributed by atoms with Gasteiger partial charge in [-0.3, -0.25) is 0 Å². The third kappa shape index (κ3) is 3.04. The van der Waals surface area contributed by atoms with Gasteiger partial charge in [-0.15, -0.1) is 0 Å². The Balaban J connectivity index is 2.27. The minimum absolute atomic E-state index is 0.0851. The summed E-state index contributed by atoms with van der Waals surface area (Å²) in [5.41, 5.74) is 5.47. The van der Waals surface area contributed by atoms with E-state index in [-0.39, 0.29) is 22.2 Å². The van der Waals surface area contributed by atoms with E-state index in [0.29, 0.717) is 5.76 Å². The van der Waals surface area contributed by atoms with E-state index in [4.69, 9.17) is 10.2 Å². The highest BCUT2D eigenvalue weighted by atomic mass is 79.9. The number of nitrogens with zero attached hydrogens (tertiary/aromatic N) is 1. The van der Waals surface area contributed by atoms with Crippen LogP contribution in [0.4, 0.5) is 0 Å². The molecule has 0 spiro atoms. The van der Waals surface area contributed by atoms with Crippen molar-refractivity contribution in [2.45, 2.75) is 49.6 Å². The predicted octanol–water partition coefficient (Wildman–Crippen LogP) is 2.45. The third-order valence-electron chi connectivity index (χ3n) is 3.65. The molecular weight excluding hydrogens is 332 g/mol. The van der Waals surface area contributed by atoms with E-state index >= 15 is 0 Å². The van der Waals surface area contributed by atoms with E-state index in [1.165, 1.54) is 16.8 Å². The maximum Gasteiger partial charge on any atom is 0.247 e. The molecule has 1 aliphatic rings. The second-order valence-corrected chi connectivity index (χ2v) is 7.55. The van der Waals surface area contributed by atoms with Gasteiger partial charge in [0.15, 0.2) is 4.67 Å². The molecule has 2 rings (SSSR count). The van der Waals surface area contributed by atoms with E-state index in [1.54, 1.807) is 7.05 Å². The standard InChI is InChI=1S/C12H19BrN2O3S/c1-15(9-5-3-2-4-6-9)19(16,17)11-7-10(8-14)18-12(11)13/h7,9H,2-6,8,14H2,1H3. The van der Waals surface area contributed by atoms with Crippen LogP contribution < -0.4 is 5.73 Å². The molecule has 1 heterocycles. The molecule has 0 aromatic carbocycles. The van der Waals surface area contributed by atoms with E-state index in [1.807, 2.05) is 0 Å². The highest BCUT2D eigenvalue weighted by Gasteiger charge is 2.32. The van der Waals surface area contributed by atoms with Gasteiger partial charge in [-0.25, -0.2) is 8.42 Å². The summed E-state index contributed by atoms with van der Waals surface area (Å²) in [6, 6.07) is 1.58. The molecule has 0 bridgehead atoms. The first kappa shape index (κ1) is 15.0. The van der Waals surface area contributed by atoms with Gasteiger partial charge in [0.05, 0.1) is 6.54 Å². The Hall–Kier alpha value is -0.370. The molecule has 1 aromatic heterocycles. The lowest BCUT2D eigenvalue weighted by Gasteiger charge is -2.30. The average molecular weight is 351 g/mol. The summed E-state index contributed by atoms with van der Waals surface area (Å²) >= 11 is 3.16. The van der Waals surface area contributed by atoms with Crippen molar-refractivity contribution in [3.8, 4) is 0 Å². The van der Waals surface area contributed by atoms with Gasteiger partial charge in [-0.05, 0) is 28.8 Å². The summed E-state index contributed by atoms with van der Waals surface area (Å²) in [6.45, 7) is 0.182. The number of hydrogen-bond acceptors (Lipinski definition) is 4. The lowest BCUT2D eigenvalue weighted by atomic mass is 9.96. The second kappa shape index (κ2) is 5.95. The lowest BCUT2D eigenvalue weighted by Crippen LogP contribution is -2.38. The van der Waals surface area contributed by atoms with Crippen LogP contribution in [0.15, 0.2) is 20.0 Å². The van der Waals surface area contributed by atoms with Crippen LogP contribution in [0.5, 0.6) is 0 Å². The monoisotopic (exact) mass is 350 g/mol. The van der Waals surface area contributed by atoms with E-state index in [2.05, 4.69) is 15.9 Å². The highest BCUT2D eigenvalue weighted by molar-refractivity contribution is 9.10. The zero-order valence-corrected chi connectivity index (χ0v) is 13.3. The molecule has 2 N–H and O–H groups in total. The van der Waals surface area contributed by atoms with Crippen molar-refractivity contribution in [1.82, 2.24) is 4.31 Å². The van der Waals surface area contributed by atoms with Gasteiger partial charge in [0.25, 0.3) is 0 Å². The quantitative estimate of drug-likeness (QED) is 0.904. The molecular formula is C12H19BrN2O3S. The summed E-state index contributed by atoms with van der Waals surface area (Å²) in [5.74, 6) is 0.461. The predicted molar refractivity (Wildman–Crippen MR) is 76.1 cm³/mol. The number of nitrogens with two attached hydrogens (primary N) is 1. The maximum absolute atomic E-state index is 12.6. The normalized spacial score (nSPS) is 18.1. The Morgan fingerprint density at radius 3 is 2.58 bits per heavy atom. The number of hydrogen-bond donors (Lipinski definition) is 1. The lowest BCUT2D eigenvalue weighted by molar-refractivity contribution is 0.285. The first-order valence-electron chi connectivity index (χ1n) is 6.43. The van der Waals surface area contributed by atoms with Crippen LogP contribution in [-0.2, 0) is 16.6 Å². The Bertz CT molecular complexity index is 535. The minimum Gasteiger partial charge on any atom is -0.452 e. The van der Waals surface area contributed by atoms with Crippen LogP contribution in [0.2, 0.25) is 0 Å². The molecule has 0 saturated heterocycles. The van der Waals surface area contributed by atoms with Gasteiger partial charge in [0.1, 0.15) is 10.7 Å². The minimum atomic E-state index is -3.52. The largest absolute Gasteiger partial charge is 0.452 e. The molecule has 0 aliphatic heterocycles. The van der Waals surface area contributed by atoms with E-state index in [0.717, 1.165) is 25.7 Å². The van der Waals surface area contributed by atoms with Gasteiger partial charge >= 0.3 is 0 Å². The van der Waals surface area contributed by atoms with E-state index in [9.17, 15) is 8.42 Å². The molecule has 19 heavy (non-hydrogen) atoms. The third-order valence-corrected chi connectivity index (χ3v) is 6.42. The Kier molecular flexibility index (Phi) is 4.70. The summed E-state index contributed by atoms with van der Waals surface area (Å²) in [6.07, 6.45) is 5.22. The van der Waals surface area contributed by atoms with Gasteiger partial charge < -0.3 is 10.2 Å². The Labute approximate surface area is 122 Å². The van der Waals surface area contributed by atoms with Crippen molar-refractivity contribution >= 4 is 26.0 Å². The molecule has 0 unspecified atom stereocenters. The molecule has 5 nitrogen and oxygen atoms in total. The Morgan fingerprint density at radius 2 is 2.05 bits per heavy atom. The molecule has 7 heteroatoms. The van der Waals surface area contributed by atoms with Crippen LogP contribution in [0.1, 0.15) is 37.9 Å². The first-order valence-corrected chi connectivity index (χ1v) is 8.66. The van der Waals surface area contributed by atoms with Crippen LogP contribution in [0, 0.1) is 0 Å². The molecule has 0 atom stereocenters. The van der Waals surface area contributed by atoms with Crippen LogP contribution in [0.3, 0.4) is 0 Å². The molecule has 1 aromatic rings.